The van der Waals surface area contributed by atoms with Crippen LogP contribution in [0.3, 0.4) is 0 Å². The molecule has 0 amide bonds. The summed E-state index contributed by atoms with van der Waals surface area (Å²) >= 11 is 6.10. The first-order valence-corrected chi connectivity index (χ1v) is 8.94. The lowest BCUT2D eigenvalue weighted by atomic mass is 10.1. The first kappa shape index (κ1) is 18.5. The van der Waals surface area contributed by atoms with Gasteiger partial charge in [-0.25, -0.2) is 0 Å². The van der Waals surface area contributed by atoms with Gasteiger partial charge in [0, 0.05) is 5.02 Å². The summed E-state index contributed by atoms with van der Waals surface area (Å²) in [7, 11) is 0. The van der Waals surface area contributed by atoms with E-state index in [0.717, 1.165) is 49.0 Å². The number of ether oxygens (including phenoxy) is 3. The summed E-state index contributed by atoms with van der Waals surface area (Å²) in [6, 6.07) is 5.80. The third kappa shape index (κ3) is 6.30. The van der Waals surface area contributed by atoms with Gasteiger partial charge in [0.2, 0.25) is 0 Å². The normalized spacial score (nSPS) is 24.6. The molecule has 0 aromatic heterocycles. The van der Waals surface area contributed by atoms with Crippen LogP contribution in [0.5, 0.6) is 5.75 Å². The molecule has 0 radical (unpaired) electrons. The van der Waals surface area contributed by atoms with E-state index < -0.39 is 0 Å². The Labute approximate surface area is 144 Å². The van der Waals surface area contributed by atoms with Gasteiger partial charge in [0.25, 0.3) is 0 Å². The quantitative estimate of drug-likeness (QED) is 0.733. The molecule has 1 saturated heterocycles. The number of quaternary nitrogens is 1. The highest BCUT2D eigenvalue weighted by Crippen LogP contribution is 2.22. The molecule has 130 valence electrons. The number of hydrogen-bond acceptors (Lipinski definition) is 3. The van der Waals surface area contributed by atoms with E-state index in [4.69, 9.17) is 25.8 Å². The first-order chi connectivity index (χ1) is 11.1. The molecule has 1 heterocycles. The van der Waals surface area contributed by atoms with Gasteiger partial charge in [-0.1, -0.05) is 18.5 Å². The molecule has 1 aromatic carbocycles. The predicted molar refractivity (Wildman–Crippen MR) is 92.7 cm³/mol. The molecule has 0 bridgehead atoms. The number of rotatable bonds is 8. The second kappa shape index (κ2) is 9.48. The fraction of sp³-hybridized carbons (Fsp3) is 0.667. The highest BCUT2D eigenvalue weighted by Gasteiger charge is 2.24. The third-order valence-electron chi connectivity index (χ3n) is 4.11. The molecule has 23 heavy (non-hydrogen) atoms. The van der Waals surface area contributed by atoms with Gasteiger partial charge in [-0.3, -0.25) is 0 Å². The second-order valence-corrected chi connectivity index (χ2v) is 6.64. The van der Waals surface area contributed by atoms with E-state index >= 15 is 0 Å². The third-order valence-corrected chi connectivity index (χ3v) is 4.48. The van der Waals surface area contributed by atoms with Crippen LogP contribution in [0, 0.1) is 0 Å². The first-order valence-electron chi connectivity index (χ1n) is 8.56. The van der Waals surface area contributed by atoms with Crippen molar-refractivity contribution in [1.82, 2.24) is 0 Å². The van der Waals surface area contributed by atoms with E-state index in [1.54, 1.807) is 4.90 Å². The number of aryl methyl sites for hydroxylation is 1. The topological polar surface area (TPSA) is 32.1 Å². The van der Waals surface area contributed by atoms with Gasteiger partial charge >= 0.3 is 0 Å². The van der Waals surface area contributed by atoms with Crippen molar-refractivity contribution >= 4 is 11.6 Å². The van der Waals surface area contributed by atoms with Crippen LogP contribution in [0.15, 0.2) is 18.2 Å². The Morgan fingerprint density at radius 3 is 2.61 bits per heavy atom. The van der Waals surface area contributed by atoms with E-state index in [9.17, 15) is 0 Å². The van der Waals surface area contributed by atoms with Gasteiger partial charge in [-0.15, -0.1) is 0 Å². The molecule has 1 N–H and O–H groups in total. The van der Waals surface area contributed by atoms with Gasteiger partial charge in [0.15, 0.2) is 0 Å². The summed E-state index contributed by atoms with van der Waals surface area (Å²) in [5, 5.41) is 0.799. The van der Waals surface area contributed by atoms with Crippen LogP contribution in [0.1, 0.15) is 26.3 Å². The Morgan fingerprint density at radius 2 is 1.91 bits per heavy atom. The van der Waals surface area contributed by atoms with Crippen molar-refractivity contribution in [2.24, 2.45) is 0 Å². The Kier molecular flexibility index (Phi) is 7.63. The molecule has 2 rings (SSSR count). The van der Waals surface area contributed by atoms with Crippen molar-refractivity contribution < 1.29 is 19.1 Å². The van der Waals surface area contributed by atoms with Crippen LogP contribution in [0.25, 0.3) is 0 Å². The lowest BCUT2D eigenvalue weighted by Gasteiger charge is -2.32. The number of morpholine rings is 1. The van der Waals surface area contributed by atoms with Gasteiger partial charge in [-0.05, 0) is 44.0 Å². The Balaban J connectivity index is 1.59. The van der Waals surface area contributed by atoms with Crippen molar-refractivity contribution in [3.8, 4) is 5.75 Å². The van der Waals surface area contributed by atoms with Crippen LogP contribution >= 0.6 is 11.6 Å². The minimum atomic E-state index is 0.342. The van der Waals surface area contributed by atoms with E-state index in [1.807, 2.05) is 18.2 Å². The van der Waals surface area contributed by atoms with E-state index in [0.29, 0.717) is 25.4 Å². The summed E-state index contributed by atoms with van der Waals surface area (Å²) < 4.78 is 17.2. The standard InChI is InChI=1S/C18H28ClNO3/c1-4-16-11-17(5-6-18(16)19)22-10-9-21-8-7-20-12-14(2)23-15(3)13-20/h5-6,11,14-15H,4,7-10,12-13H2,1-3H3/p+1/t14-,15+. The molecule has 1 aliphatic rings. The maximum atomic E-state index is 6.10. The molecule has 4 nitrogen and oxygen atoms in total. The molecule has 0 aliphatic carbocycles. The Bertz CT molecular complexity index is 473. The lowest BCUT2D eigenvalue weighted by Crippen LogP contribution is -3.15. The number of nitrogens with one attached hydrogen (secondary N) is 1. The zero-order chi connectivity index (χ0) is 16.7. The fourth-order valence-electron chi connectivity index (χ4n) is 3.04. The number of hydrogen-bond donors (Lipinski definition) is 1. The monoisotopic (exact) mass is 342 g/mol. The average Bonchev–Trinajstić information content (AvgIpc) is 2.51. The van der Waals surface area contributed by atoms with E-state index in [-0.39, 0.29) is 0 Å². The summed E-state index contributed by atoms with van der Waals surface area (Å²) in [5.74, 6) is 0.858. The predicted octanol–water partition coefficient (Wildman–Crippen LogP) is 1.99. The van der Waals surface area contributed by atoms with Crippen LogP contribution < -0.4 is 9.64 Å². The van der Waals surface area contributed by atoms with Crippen LogP contribution in [-0.2, 0) is 15.9 Å². The molecule has 5 heteroatoms. The van der Waals surface area contributed by atoms with E-state index in [2.05, 4.69) is 20.8 Å². The highest BCUT2D eigenvalue weighted by molar-refractivity contribution is 6.31. The fourth-order valence-corrected chi connectivity index (χ4v) is 3.29. The minimum absolute atomic E-state index is 0.342. The zero-order valence-electron chi connectivity index (χ0n) is 14.4. The average molecular weight is 343 g/mol. The second-order valence-electron chi connectivity index (χ2n) is 6.23. The molecule has 0 saturated carbocycles. The summed E-state index contributed by atoms with van der Waals surface area (Å²) in [4.78, 5) is 1.56. The van der Waals surface area contributed by atoms with Gasteiger partial charge in [0.05, 0.1) is 13.2 Å². The number of halogens is 1. The molecule has 0 spiro atoms. The molecular weight excluding hydrogens is 314 g/mol. The van der Waals surface area contributed by atoms with Gasteiger partial charge in [0.1, 0.15) is 44.2 Å². The molecule has 1 fully saturated rings. The molecule has 1 unspecified atom stereocenters. The maximum Gasteiger partial charge on any atom is 0.119 e. The zero-order valence-corrected chi connectivity index (χ0v) is 15.2. The van der Waals surface area contributed by atoms with Crippen LogP contribution in [0.4, 0.5) is 0 Å². The van der Waals surface area contributed by atoms with Gasteiger partial charge in [-0.2, -0.15) is 0 Å². The summed E-state index contributed by atoms with van der Waals surface area (Å²) in [6.07, 6.45) is 1.59. The van der Waals surface area contributed by atoms with Crippen molar-refractivity contribution in [3.05, 3.63) is 28.8 Å². The van der Waals surface area contributed by atoms with Crippen molar-refractivity contribution in [2.75, 3.05) is 39.5 Å². The number of benzene rings is 1. The maximum absolute atomic E-state index is 6.10. The van der Waals surface area contributed by atoms with Crippen LogP contribution in [-0.4, -0.2) is 51.7 Å². The Hall–Kier alpha value is -0.810. The Morgan fingerprint density at radius 1 is 1.17 bits per heavy atom. The highest BCUT2D eigenvalue weighted by atomic mass is 35.5. The lowest BCUT2D eigenvalue weighted by molar-refractivity contribution is -0.915. The molecule has 1 aromatic rings. The van der Waals surface area contributed by atoms with Crippen LogP contribution in [0.2, 0.25) is 5.02 Å². The minimum Gasteiger partial charge on any atom is -0.491 e. The van der Waals surface area contributed by atoms with Crippen molar-refractivity contribution in [1.29, 1.82) is 0 Å². The smallest absolute Gasteiger partial charge is 0.119 e. The van der Waals surface area contributed by atoms with Crippen molar-refractivity contribution in [2.45, 2.75) is 39.4 Å². The molecule has 3 atom stereocenters. The summed E-state index contributed by atoms with van der Waals surface area (Å²) in [5.41, 5.74) is 1.12. The largest absolute Gasteiger partial charge is 0.491 e. The SMILES string of the molecule is CCc1cc(OCCOCC[NH+]2C[C@@H](C)O[C@@H](C)C2)ccc1Cl. The van der Waals surface area contributed by atoms with Gasteiger partial charge < -0.3 is 19.1 Å². The molecular formula is C18H29ClNO3+. The molecule has 1 aliphatic heterocycles. The summed E-state index contributed by atoms with van der Waals surface area (Å²) in [6.45, 7) is 11.5. The van der Waals surface area contributed by atoms with E-state index in [1.165, 1.54) is 0 Å². The van der Waals surface area contributed by atoms with Crippen molar-refractivity contribution in [3.63, 3.8) is 0 Å².